The van der Waals surface area contributed by atoms with E-state index >= 15 is 0 Å². The van der Waals surface area contributed by atoms with Crippen LogP contribution in [0, 0.1) is 5.92 Å². The molecule has 0 bridgehead atoms. The number of rotatable bonds is 8. The van der Waals surface area contributed by atoms with Crippen molar-refractivity contribution in [1.82, 2.24) is 0 Å². The van der Waals surface area contributed by atoms with E-state index in [1.807, 2.05) is 72.8 Å². The highest BCUT2D eigenvalue weighted by Gasteiger charge is 2.25. The van der Waals surface area contributed by atoms with Crippen molar-refractivity contribution in [2.45, 2.75) is 12.7 Å². The maximum absolute atomic E-state index is 11.0. The molecule has 3 heteroatoms. The van der Waals surface area contributed by atoms with Crippen LogP contribution in [0.2, 0.25) is 5.02 Å². The first kappa shape index (κ1) is 19.4. The van der Waals surface area contributed by atoms with Crippen molar-refractivity contribution >= 4 is 17.2 Å². The van der Waals surface area contributed by atoms with E-state index < -0.39 is 6.10 Å². The maximum Gasteiger partial charge on any atom is 0.0880 e. The van der Waals surface area contributed by atoms with Gasteiger partial charge >= 0.3 is 0 Å². The maximum atomic E-state index is 11.0. The van der Waals surface area contributed by atoms with E-state index in [0.29, 0.717) is 18.2 Å². The molecule has 27 heavy (non-hydrogen) atoms. The van der Waals surface area contributed by atoms with Crippen LogP contribution in [0.3, 0.4) is 0 Å². The monoisotopic (exact) mass is 378 g/mol. The van der Waals surface area contributed by atoms with Gasteiger partial charge in [-0.1, -0.05) is 91.0 Å². The summed E-state index contributed by atoms with van der Waals surface area (Å²) in [5.41, 5.74) is 3.75. The van der Waals surface area contributed by atoms with Crippen LogP contribution in [-0.4, -0.2) is 11.7 Å². The number of ether oxygens (including phenoxy) is 1. The Morgan fingerprint density at radius 1 is 0.889 bits per heavy atom. The molecule has 0 aliphatic carbocycles. The molecule has 0 radical (unpaired) electrons. The van der Waals surface area contributed by atoms with Crippen LogP contribution in [0.1, 0.15) is 22.8 Å². The third-order valence-electron chi connectivity index (χ3n) is 4.59. The topological polar surface area (TPSA) is 29.5 Å². The van der Waals surface area contributed by atoms with E-state index in [2.05, 4.69) is 6.58 Å². The normalized spacial score (nSPS) is 13.1. The average molecular weight is 379 g/mol. The van der Waals surface area contributed by atoms with Gasteiger partial charge in [0.05, 0.1) is 19.3 Å². The first-order chi connectivity index (χ1) is 13.1. The molecule has 0 saturated heterocycles. The summed E-state index contributed by atoms with van der Waals surface area (Å²) in [6.07, 6.45) is -0.731. The summed E-state index contributed by atoms with van der Waals surface area (Å²) in [5.74, 6) is -0.266. The smallest absolute Gasteiger partial charge is 0.0880 e. The lowest BCUT2D eigenvalue weighted by Gasteiger charge is -2.26. The van der Waals surface area contributed by atoms with E-state index in [-0.39, 0.29) is 5.92 Å². The second-order valence-corrected chi connectivity index (χ2v) is 6.93. The number of aliphatic hydroxyl groups is 1. The van der Waals surface area contributed by atoms with Gasteiger partial charge in [-0.2, -0.15) is 0 Å². The van der Waals surface area contributed by atoms with Crippen LogP contribution in [-0.2, 0) is 11.3 Å². The number of benzene rings is 3. The number of hydrogen-bond acceptors (Lipinski definition) is 2. The molecule has 0 unspecified atom stereocenters. The van der Waals surface area contributed by atoms with Crippen molar-refractivity contribution in [3.63, 3.8) is 0 Å². The number of hydrogen-bond donors (Lipinski definition) is 1. The Morgan fingerprint density at radius 2 is 1.48 bits per heavy atom. The quantitative estimate of drug-likeness (QED) is 0.527. The minimum Gasteiger partial charge on any atom is -0.388 e. The van der Waals surface area contributed by atoms with E-state index in [1.165, 1.54) is 0 Å². The van der Waals surface area contributed by atoms with E-state index in [4.69, 9.17) is 16.3 Å². The average Bonchev–Trinajstić information content (AvgIpc) is 2.72. The first-order valence-corrected chi connectivity index (χ1v) is 9.32. The van der Waals surface area contributed by atoms with E-state index in [1.54, 1.807) is 12.1 Å². The van der Waals surface area contributed by atoms with Crippen LogP contribution in [0.4, 0.5) is 0 Å². The van der Waals surface area contributed by atoms with Crippen LogP contribution in [0.15, 0.2) is 91.5 Å². The van der Waals surface area contributed by atoms with Gasteiger partial charge in [0.25, 0.3) is 0 Å². The molecule has 2 atom stereocenters. The van der Waals surface area contributed by atoms with Gasteiger partial charge in [0.2, 0.25) is 0 Å². The van der Waals surface area contributed by atoms with Crippen molar-refractivity contribution in [2.75, 3.05) is 6.61 Å². The molecule has 0 saturated carbocycles. The zero-order valence-corrected chi connectivity index (χ0v) is 15.8. The van der Waals surface area contributed by atoms with E-state index in [0.717, 1.165) is 22.3 Å². The molecule has 0 amide bonds. The van der Waals surface area contributed by atoms with Crippen LogP contribution in [0.5, 0.6) is 0 Å². The predicted molar refractivity (Wildman–Crippen MR) is 111 cm³/mol. The Balaban J connectivity index is 1.77. The standard InChI is InChI=1S/C24H23ClO2/c1-18(20-10-6-3-7-11-20)23(17-27-16-19-8-4-2-5-9-19)24(26)21-12-14-22(25)15-13-21/h2-15,23-24,26H,1,16-17H2/t23-,24+/m1/s1. The van der Waals surface area contributed by atoms with E-state index in [9.17, 15) is 5.11 Å². The summed E-state index contributed by atoms with van der Waals surface area (Å²) >= 11 is 5.98. The predicted octanol–water partition coefficient (Wildman–Crippen LogP) is 5.92. The third kappa shape index (κ3) is 5.30. The molecule has 3 aromatic rings. The Kier molecular flexibility index (Phi) is 6.83. The molecule has 3 rings (SSSR count). The summed E-state index contributed by atoms with van der Waals surface area (Å²) < 4.78 is 5.94. The van der Waals surface area contributed by atoms with Gasteiger partial charge < -0.3 is 9.84 Å². The summed E-state index contributed by atoms with van der Waals surface area (Å²) in [4.78, 5) is 0. The first-order valence-electron chi connectivity index (χ1n) is 8.94. The van der Waals surface area contributed by atoms with Gasteiger partial charge in [-0.15, -0.1) is 0 Å². The minimum atomic E-state index is -0.731. The zero-order chi connectivity index (χ0) is 19.1. The third-order valence-corrected chi connectivity index (χ3v) is 4.85. The van der Waals surface area contributed by atoms with Gasteiger partial charge in [-0.3, -0.25) is 0 Å². The Hall–Kier alpha value is -2.39. The lowest BCUT2D eigenvalue weighted by molar-refractivity contribution is 0.0439. The van der Waals surface area contributed by atoms with Gasteiger partial charge in [-0.25, -0.2) is 0 Å². The molecular weight excluding hydrogens is 356 g/mol. The molecule has 1 N–H and O–H groups in total. The molecule has 138 valence electrons. The van der Waals surface area contributed by atoms with Crippen LogP contribution in [0.25, 0.3) is 5.57 Å². The second kappa shape index (κ2) is 9.52. The van der Waals surface area contributed by atoms with Crippen LogP contribution >= 0.6 is 11.6 Å². The van der Waals surface area contributed by atoms with Gasteiger partial charge in [0.15, 0.2) is 0 Å². The Labute approximate surface area is 165 Å². The summed E-state index contributed by atoms with van der Waals surface area (Å²) in [6.45, 7) is 5.11. The Morgan fingerprint density at radius 3 is 2.11 bits per heavy atom. The molecule has 0 heterocycles. The van der Waals surface area contributed by atoms with Crippen molar-refractivity contribution < 1.29 is 9.84 Å². The van der Waals surface area contributed by atoms with Crippen molar-refractivity contribution in [3.8, 4) is 0 Å². The summed E-state index contributed by atoms with van der Waals surface area (Å²) in [7, 11) is 0. The van der Waals surface area contributed by atoms with Crippen molar-refractivity contribution in [1.29, 1.82) is 0 Å². The second-order valence-electron chi connectivity index (χ2n) is 6.49. The zero-order valence-electron chi connectivity index (χ0n) is 15.1. The molecule has 0 aromatic heterocycles. The molecule has 3 aromatic carbocycles. The molecule has 0 fully saturated rings. The molecule has 0 aliphatic rings. The lowest BCUT2D eigenvalue weighted by atomic mass is 9.86. The molecule has 2 nitrogen and oxygen atoms in total. The largest absolute Gasteiger partial charge is 0.388 e. The fourth-order valence-corrected chi connectivity index (χ4v) is 3.14. The highest BCUT2D eigenvalue weighted by molar-refractivity contribution is 6.30. The lowest BCUT2D eigenvalue weighted by Crippen LogP contribution is -2.20. The van der Waals surface area contributed by atoms with Gasteiger partial charge in [0.1, 0.15) is 0 Å². The number of halogens is 1. The van der Waals surface area contributed by atoms with Crippen LogP contribution < -0.4 is 0 Å². The summed E-state index contributed by atoms with van der Waals surface area (Å²) in [5, 5.41) is 11.7. The summed E-state index contributed by atoms with van der Waals surface area (Å²) in [6, 6.07) is 27.2. The van der Waals surface area contributed by atoms with Crippen molar-refractivity contribution in [2.24, 2.45) is 5.92 Å². The van der Waals surface area contributed by atoms with Gasteiger partial charge in [0, 0.05) is 10.9 Å². The van der Waals surface area contributed by atoms with Crippen molar-refractivity contribution in [3.05, 3.63) is 113 Å². The fourth-order valence-electron chi connectivity index (χ4n) is 3.02. The number of aliphatic hydroxyl groups excluding tert-OH is 1. The molecule has 0 aliphatic heterocycles. The SMILES string of the molecule is C=C(c1ccccc1)[C@@H](COCc1ccccc1)[C@@H](O)c1ccc(Cl)cc1. The minimum absolute atomic E-state index is 0.266. The highest BCUT2D eigenvalue weighted by Crippen LogP contribution is 2.33. The molecular formula is C24H23ClO2. The fraction of sp³-hybridized carbons (Fsp3) is 0.167. The highest BCUT2D eigenvalue weighted by atomic mass is 35.5. The van der Waals surface area contributed by atoms with Gasteiger partial charge in [-0.05, 0) is 34.4 Å². The molecule has 0 spiro atoms. The Bertz CT molecular complexity index is 845.